The smallest absolute Gasteiger partial charge is 0.407 e. The first-order chi connectivity index (χ1) is 14.1. The van der Waals surface area contributed by atoms with E-state index in [1.165, 1.54) is 0 Å². The second kappa shape index (κ2) is 11.1. The van der Waals surface area contributed by atoms with Crippen molar-refractivity contribution in [2.45, 2.75) is 89.4 Å². The molecule has 1 aliphatic heterocycles. The molecule has 0 spiro atoms. The third kappa shape index (κ3) is 8.60. The average molecular weight is 423 g/mol. The van der Waals surface area contributed by atoms with Gasteiger partial charge in [-0.2, -0.15) is 0 Å². The van der Waals surface area contributed by atoms with E-state index in [2.05, 4.69) is 5.32 Å². The molecular formula is C23H38N2O5. The Morgan fingerprint density at radius 2 is 1.87 bits per heavy atom. The number of alkyl carbamates (subject to hydrolysis) is 1. The average Bonchev–Trinajstić information content (AvgIpc) is 3.10. The van der Waals surface area contributed by atoms with E-state index >= 15 is 0 Å². The van der Waals surface area contributed by atoms with Gasteiger partial charge in [0.2, 0.25) is 0 Å². The molecule has 3 unspecified atom stereocenters. The lowest BCUT2D eigenvalue weighted by Crippen LogP contribution is -2.53. The number of carbonyl (C=O) groups is 1. The molecule has 0 aromatic heterocycles. The van der Waals surface area contributed by atoms with E-state index in [1.807, 2.05) is 37.3 Å². The minimum absolute atomic E-state index is 0.466. The lowest BCUT2D eigenvalue weighted by molar-refractivity contribution is -0.147. The second-order valence-electron chi connectivity index (χ2n) is 9.17. The molecule has 1 amide bonds. The highest BCUT2D eigenvalue weighted by atomic mass is 16.7. The van der Waals surface area contributed by atoms with Crippen molar-refractivity contribution in [3.8, 4) is 0 Å². The minimum atomic E-state index is -0.896. The van der Waals surface area contributed by atoms with Crippen LogP contribution in [0.4, 0.5) is 4.79 Å². The number of aliphatic hydroxyl groups excluding tert-OH is 1. The highest BCUT2D eigenvalue weighted by Gasteiger charge is 2.31. The van der Waals surface area contributed by atoms with Crippen LogP contribution in [0.1, 0.15) is 58.9 Å². The predicted molar refractivity (Wildman–Crippen MR) is 116 cm³/mol. The zero-order valence-corrected chi connectivity index (χ0v) is 18.7. The van der Waals surface area contributed by atoms with Crippen LogP contribution in [0.25, 0.3) is 0 Å². The van der Waals surface area contributed by atoms with Crippen LogP contribution in [0.15, 0.2) is 30.3 Å². The molecule has 0 radical (unpaired) electrons. The highest BCUT2D eigenvalue weighted by Crippen LogP contribution is 2.25. The van der Waals surface area contributed by atoms with Gasteiger partial charge in [-0.25, -0.2) is 4.79 Å². The topological polar surface area (TPSA) is 103 Å². The molecule has 1 aromatic carbocycles. The first-order valence-corrected chi connectivity index (χ1v) is 10.8. The van der Waals surface area contributed by atoms with Crippen molar-refractivity contribution in [1.82, 2.24) is 5.32 Å². The third-order valence-electron chi connectivity index (χ3n) is 5.17. The first-order valence-electron chi connectivity index (χ1n) is 10.8. The summed E-state index contributed by atoms with van der Waals surface area (Å²) in [5.41, 5.74) is 6.69. The summed E-state index contributed by atoms with van der Waals surface area (Å²) >= 11 is 0. The van der Waals surface area contributed by atoms with Crippen LogP contribution in [-0.2, 0) is 20.6 Å². The molecule has 170 valence electrons. The van der Waals surface area contributed by atoms with Gasteiger partial charge in [0.15, 0.2) is 5.79 Å². The quantitative estimate of drug-likeness (QED) is 0.501. The number of benzene rings is 1. The molecule has 0 aliphatic carbocycles. The van der Waals surface area contributed by atoms with Gasteiger partial charge in [-0.15, -0.1) is 0 Å². The monoisotopic (exact) mass is 422 g/mol. The molecule has 1 aliphatic rings. The van der Waals surface area contributed by atoms with E-state index in [1.54, 1.807) is 20.8 Å². The first kappa shape index (κ1) is 24.6. The van der Waals surface area contributed by atoms with Crippen molar-refractivity contribution in [3.63, 3.8) is 0 Å². The maximum atomic E-state index is 12.3. The number of carbonyl (C=O) groups excluding carboxylic acids is 1. The molecule has 1 aromatic rings. The fourth-order valence-electron chi connectivity index (χ4n) is 3.58. The Kier molecular flexibility index (Phi) is 9.09. The van der Waals surface area contributed by atoms with Crippen LogP contribution in [0.5, 0.6) is 0 Å². The Balaban J connectivity index is 1.90. The Morgan fingerprint density at radius 1 is 1.23 bits per heavy atom. The zero-order chi connectivity index (χ0) is 22.2. The number of amides is 1. The maximum absolute atomic E-state index is 12.3. The Hall–Kier alpha value is -1.67. The Morgan fingerprint density at radius 3 is 2.47 bits per heavy atom. The van der Waals surface area contributed by atoms with Gasteiger partial charge in [0, 0.05) is 12.5 Å². The normalized spacial score (nSPS) is 19.1. The molecule has 0 bridgehead atoms. The third-order valence-corrected chi connectivity index (χ3v) is 5.17. The number of hydrogen-bond donors (Lipinski definition) is 3. The molecule has 1 fully saturated rings. The number of nitrogens with one attached hydrogen (secondary N) is 1. The van der Waals surface area contributed by atoms with Crippen LogP contribution in [0.3, 0.4) is 0 Å². The molecule has 4 N–H and O–H groups in total. The number of unbranched alkanes of at least 4 members (excludes halogenated alkanes) is 1. The van der Waals surface area contributed by atoms with Crippen molar-refractivity contribution in [1.29, 1.82) is 0 Å². The standard InChI is InChI=1S/C23H38N2O5/c1-22(2,3)30-21(27)25-19(16-17-10-6-5-7-11-17)20(26)18(24)12-8-9-13-23(4)28-14-15-29-23/h5-7,10-11,18-20,26H,8-9,12-16,24H2,1-4H3,(H,25,27). The summed E-state index contributed by atoms with van der Waals surface area (Å²) in [4.78, 5) is 12.3. The van der Waals surface area contributed by atoms with Crippen molar-refractivity contribution >= 4 is 6.09 Å². The minimum Gasteiger partial charge on any atom is -0.444 e. The van der Waals surface area contributed by atoms with Crippen molar-refractivity contribution in [2.24, 2.45) is 5.73 Å². The van der Waals surface area contributed by atoms with E-state index in [4.69, 9.17) is 19.9 Å². The van der Waals surface area contributed by atoms with E-state index in [0.717, 1.165) is 24.8 Å². The van der Waals surface area contributed by atoms with E-state index < -0.39 is 35.7 Å². The summed E-state index contributed by atoms with van der Waals surface area (Å²) in [5, 5.41) is 13.7. The summed E-state index contributed by atoms with van der Waals surface area (Å²) in [6.45, 7) is 8.63. The molecule has 7 nitrogen and oxygen atoms in total. The van der Waals surface area contributed by atoms with Crippen LogP contribution in [0, 0.1) is 0 Å². The van der Waals surface area contributed by atoms with Gasteiger partial charge in [-0.05, 0) is 52.5 Å². The van der Waals surface area contributed by atoms with Gasteiger partial charge < -0.3 is 30.4 Å². The number of rotatable bonds is 10. The molecule has 7 heteroatoms. The van der Waals surface area contributed by atoms with E-state index in [9.17, 15) is 9.90 Å². The number of nitrogens with two attached hydrogens (primary N) is 1. The van der Waals surface area contributed by atoms with Crippen LogP contribution in [-0.4, -0.2) is 54.0 Å². The molecule has 30 heavy (non-hydrogen) atoms. The lowest BCUT2D eigenvalue weighted by Gasteiger charge is -2.30. The SMILES string of the molecule is CC(C)(C)OC(=O)NC(Cc1ccccc1)C(O)C(N)CCCCC1(C)OCCO1. The largest absolute Gasteiger partial charge is 0.444 e. The molecule has 2 rings (SSSR count). The van der Waals surface area contributed by atoms with Gasteiger partial charge in [0.05, 0.1) is 25.4 Å². The number of ether oxygens (including phenoxy) is 3. The van der Waals surface area contributed by atoms with Crippen molar-refractivity contribution < 1.29 is 24.1 Å². The van der Waals surface area contributed by atoms with Gasteiger partial charge in [0.1, 0.15) is 5.60 Å². The Bertz CT molecular complexity index is 641. The second-order valence-corrected chi connectivity index (χ2v) is 9.17. The summed E-state index contributed by atoms with van der Waals surface area (Å²) < 4.78 is 16.6. The van der Waals surface area contributed by atoms with Crippen molar-refractivity contribution in [3.05, 3.63) is 35.9 Å². The molecule has 0 saturated carbocycles. The van der Waals surface area contributed by atoms with Gasteiger partial charge in [-0.1, -0.05) is 36.8 Å². The summed E-state index contributed by atoms with van der Waals surface area (Å²) in [5.74, 6) is -0.503. The lowest BCUT2D eigenvalue weighted by atomic mass is 9.93. The molecule has 3 atom stereocenters. The van der Waals surface area contributed by atoms with Crippen LogP contribution < -0.4 is 11.1 Å². The van der Waals surface area contributed by atoms with Gasteiger partial charge in [0.25, 0.3) is 0 Å². The van der Waals surface area contributed by atoms with E-state index in [-0.39, 0.29) is 0 Å². The van der Waals surface area contributed by atoms with Crippen LogP contribution in [0.2, 0.25) is 0 Å². The fraction of sp³-hybridized carbons (Fsp3) is 0.696. The highest BCUT2D eigenvalue weighted by molar-refractivity contribution is 5.68. The summed E-state index contributed by atoms with van der Waals surface area (Å²) in [7, 11) is 0. The van der Waals surface area contributed by atoms with Crippen LogP contribution >= 0.6 is 0 Å². The van der Waals surface area contributed by atoms with Gasteiger partial charge in [-0.3, -0.25) is 0 Å². The number of aliphatic hydroxyl groups is 1. The zero-order valence-electron chi connectivity index (χ0n) is 18.7. The molecular weight excluding hydrogens is 384 g/mol. The predicted octanol–water partition coefficient (Wildman–Crippen LogP) is 3.13. The van der Waals surface area contributed by atoms with Crippen molar-refractivity contribution in [2.75, 3.05) is 13.2 Å². The number of hydrogen-bond acceptors (Lipinski definition) is 6. The summed E-state index contributed by atoms with van der Waals surface area (Å²) in [6, 6.07) is 8.71. The fourth-order valence-corrected chi connectivity index (χ4v) is 3.58. The van der Waals surface area contributed by atoms with E-state index in [0.29, 0.717) is 26.1 Å². The van der Waals surface area contributed by atoms with Gasteiger partial charge >= 0.3 is 6.09 Å². The molecule has 1 saturated heterocycles. The maximum Gasteiger partial charge on any atom is 0.407 e. The summed E-state index contributed by atoms with van der Waals surface area (Å²) in [6.07, 6.45) is 2.17. The molecule has 1 heterocycles. The Labute approximate surface area is 180 Å².